The van der Waals surface area contributed by atoms with E-state index in [0.29, 0.717) is 0 Å². The maximum atomic E-state index is 10.6. The van der Waals surface area contributed by atoms with Gasteiger partial charge in [0.1, 0.15) is 12.2 Å². The molecule has 0 N–H and O–H groups in total. The van der Waals surface area contributed by atoms with Gasteiger partial charge in [-0.2, -0.15) is 0 Å². The van der Waals surface area contributed by atoms with Gasteiger partial charge in [0.05, 0.1) is 13.1 Å². The summed E-state index contributed by atoms with van der Waals surface area (Å²) in [5.74, 6) is -0.614. The summed E-state index contributed by atoms with van der Waals surface area (Å²) in [6.45, 7) is 2.96. The molecule has 10 heavy (non-hydrogen) atoms. The lowest BCUT2D eigenvalue weighted by atomic mass is 10.3. The highest BCUT2D eigenvalue weighted by Crippen LogP contribution is 2.04. The van der Waals surface area contributed by atoms with Crippen LogP contribution in [0.25, 0.3) is 0 Å². The first kappa shape index (κ1) is 7.21. The third kappa shape index (κ3) is 2.59. The van der Waals surface area contributed by atoms with E-state index in [1.807, 2.05) is 0 Å². The summed E-state index contributed by atoms with van der Waals surface area (Å²) in [6, 6.07) is 0. The van der Waals surface area contributed by atoms with Crippen molar-refractivity contribution in [1.82, 2.24) is 5.06 Å². The molecule has 1 saturated heterocycles. The lowest BCUT2D eigenvalue weighted by Crippen LogP contribution is -2.12. The molecule has 0 aromatic rings. The van der Waals surface area contributed by atoms with Crippen molar-refractivity contribution in [3.8, 4) is 0 Å². The molecule has 56 valence electrons. The number of hydroxylamine groups is 2. The zero-order valence-corrected chi connectivity index (χ0v) is 5.79. The van der Waals surface area contributed by atoms with Crippen LogP contribution in [0.2, 0.25) is 0 Å². The maximum Gasteiger partial charge on any atom is 0.332 e. The van der Waals surface area contributed by atoms with Gasteiger partial charge in [-0.1, -0.05) is 0 Å². The summed E-state index contributed by atoms with van der Waals surface area (Å²) >= 11 is 0. The predicted molar refractivity (Wildman–Crippen MR) is 33.0 cm³/mol. The van der Waals surface area contributed by atoms with Crippen LogP contribution in [-0.4, -0.2) is 29.9 Å². The Morgan fingerprint density at radius 3 is 2.50 bits per heavy atom. The monoisotopic (exact) mass is 143 g/mol. The van der Waals surface area contributed by atoms with Crippen molar-refractivity contribution < 1.29 is 14.4 Å². The van der Waals surface area contributed by atoms with Crippen molar-refractivity contribution >= 4 is 11.8 Å². The number of nitrogens with zero attached hydrogens (tertiary/aromatic N) is 1. The molecule has 0 spiro atoms. The van der Waals surface area contributed by atoms with E-state index in [4.69, 9.17) is 0 Å². The Kier molecular flexibility index (Phi) is 2.01. The van der Waals surface area contributed by atoms with E-state index in [1.54, 1.807) is 0 Å². The van der Waals surface area contributed by atoms with Gasteiger partial charge < -0.3 is 4.84 Å². The number of hydrogen-bond acceptors (Lipinski definition) is 4. The quantitative estimate of drug-likeness (QED) is 0.403. The van der Waals surface area contributed by atoms with E-state index < -0.39 is 5.97 Å². The summed E-state index contributed by atoms with van der Waals surface area (Å²) in [5, 5.41) is 1.51. The minimum Gasteiger partial charge on any atom is -0.367 e. The van der Waals surface area contributed by atoms with E-state index in [2.05, 4.69) is 4.84 Å². The molecular weight excluding hydrogens is 134 g/mol. The number of rotatable bonds is 3. The number of carbonyl (C=O) groups excluding carboxylic acids is 2. The first-order valence-electron chi connectivity index (χ1n) is 3.13. The van der Waals surface area contributed by atoms with Gasteiger partial charge in [0.25, 0.3) is 0 Å². The van der Waals surface area contributed by atoms with Gasteiger partial charge in [0, 0.05) is 0 Å². The van der Waals surface area contributed by atoms with E-state index in [0.717, 1.165) is 13.1 Å². The molecule has 1 heterocycles. The Balaban J connectivity index is 2.14. The molecule has 0 saturated carbocycles. The minimum absolute atomic E-state index is 0.115. The summed E-state index contributed by atoms with van der Waals surface area (Å²) < 4.78 is 0. The lowest BCUT2D eigenvalue weighted by Gasteiger charge is -1.99. The molecule has 1 aliphatic rings. The SMILES string of the molecule is CC(=O)CC(=O)ON1CC1. The Morgan fingerprint density at radius 1 is 1.50 bits per heavy atom. The van der Waals surface area contributed by atoms with Gasteiger partial charge in [0.2, 0.25) is 0 Å². The molecule has 0 unspecified atom stereocenters. The van der Waals surface area contributed by atoms with E-state index in [9.17, 15) is 9.59 Å². The van der Waals surface area contributed by atoms with Gasteiger partial charge in [0.15, 0.2) is 0 Å². The fourth-order valence-corrected chi connectivity index (χ4v) is 0.512. The second kappa shape index (κ2) is 2.79. The number of carbonyl (C=O) groups is 2. The van der Waals surface area contributed by atoms with Crippen molar-refractivity contribution in [3.05, 3.63) is 0 Å². The molecule has 0 atom stereocenters. The smallest absolute Gasteiger partial charge is 0.332 e. The Bertz CT molecular complexity index is 162. The van der Waals surface area contributed by atoms with Gasteiger partial charge >= 0.3 is 5.97 Å². The van der Waals surface area contributed by atoms with Crippen LogP contribution in [0.15, 0.2) is 0 Å². The Morgan fingerprint density at radius 2 is 2.10 bits per heavy atom. The normalized spacial score (nSPS) is 16.5. The van der Waals surface area contributed by atoms with Crippen LogP contribution in [0.1, 0.15) is 13.3 Å². The number of Topliss-reactive ketones (excluding diaryl/α,β-unsaturated/α-hetero) is 1. The average molecular weight is 143 g/mol. The van der Waals surface area contributed by atoms with Gasteiger partial charge in [-0.05, 0) is 6.92 Å². The lowest BCUT2D eigenvalue weighted by molar-refractivity contribution is -0.166. The molecule has 4 heteroatoms. The van der Waals surface area contributed by atoms with Crippen LogP contribution in [0.3, 0.4) is 0 Å². The van der Waals surface area contributed by atoms with Gasteiger partial charge in [-0.25, -0.2) is 4.79 Å². The number of hydrogen-bond donors (Lipinski definition) is 0. The first-order chi connectivity index (χ1) is 4.68. The molecule has 0 radical (unpaired) electrons. The van der Waals surface area contributed by atoms with Crippen molar-refractivity contribution in [2.75, 3.05) is 13.1 Å². The molecule has 0 aromatic carbocycles. The molecule has 0 bridgehead atoms. The van der Waals surface area contributed by atoms with Crippen LogP contribution in [-0.2, 0) is 14.4 Å². The highest BCUT2D eigenvalue weighted by atomic mass is 16.7. The highest BCUT2D eigenvalue weighted by molar-refractivity contribution is 5.93. The molecule has 0 amide bonds. The third-order valence-electron chi connectivity index (χ3n) is 1.03. The summed E-state index contributed by atoms with van der Waals surface area (Å²) in [4.78, 5) is 25.6. The second-order valence-electron chi connectivity index (χ2n) is 2.27. The summed E-state index contributed by atoms with van der Waals surface area (Å²) in [6.07, 6.45) is -0.115. The van der Waals surface area contributed by atoms with E-state index in [1.165, 1.54) is 12.0 Å². The zero-order valence-electron chi connectivity index (χ0n) is 5.79. The van der Waals surface area contributed by atoms with Crippen molar-refractivity contribution in [2.24, 2.45) is 0 Å². The Labute approximate surface area is 58.7 Å². The molecule has 1 aliphatic heterocycles. The summed E-state index contributed by atoms with van der Waals surface area (Å²) in [5.41, 5.74) is 0. The standard InChI is InChI=1S/C6H9NO3/c1-5(8)4-6(9)10-7-2-3-7/h2-4H2,1H3. The van der Waals surface area contributed by atoms with Crippen LogP contribution < -0.4 is 0 Å². The van der Waals surface area contributed by atoms with E-state index >= 15 is 0 Å². The van der Waals surface area contributed by atoms with Crippen LogP contribution in [0.5, 0.6) is 0 Å². The summed E-state index contributed by atoms with van der Waals surface area (Å²) in [7, 11) is 0. The number of ketones is 1. The fourth-order valence-electron chi connectivity index (χ4n) is 0.512. The van der Waals surface area contributed by atoms with Crippen molar-refractivity contribution in [3.63, 3.8) is 0 Å². The van der Waals surface area contributed by atoms with E-state index in [-0.39, 0.29) is 12.2 Å². The maximum absolute atomic E-state index is 10.6. The van der Waals surface area contributed by atoms with Crippen molar-refractivity contribution in [2.45, 2.75) is 13.3 Å². The molecule has 0 aliphatic carbocycles. The zero-order chi connectivity index (χ0) is 7.56. The fraction of sp³-hybridized carbons (Fsp3) is 0.667. The van der Waals surface area contributed by atoms with Gasteiger partial charge in [-0.15, -0.1) is 5.06 Å². The first-order valence-corrected chi connectivity index (χ1v) is 3.13. The van der Waals surface area contributed by atoms with Crippen molar-refractivity contribution in [1.29, 1.82) is 0 Å². The molecule has 1 fully saturated rings. The topological polar surface area (TPSA) is 46.4 Å². The molecular formula is C6H9NO3. The third-order valence-corrected chi connectivity index (χ3v) is 1.03. The molecule has 4 nitrogen and oxygen atoms in total. The second-order valence-corrected chi connectivity index (χ2v) is 2.27. The average Bonchev–Trinajstić information content (AvgIpc) is 2.46. The Hall–Kier alpha value is -0.900. The highest BCUT2D eigenvalue weighted by Gasteiger charge is 2.22. The van der Waals surface area contributed by atoms with Crippen LogP contribution in [0, 0.1) is 0 Å². The largest absolute Gasteiger partial charge is 0.367 e. The van der Waals surface area contributed by atoms with Gasteiger partial charge in [-0.3, -0.25) is 4.79 Å². The van der Waals surface area contributed by atoms with Crippen LogP contribution in [0.4, 0.5) is 0 Å². The predicted octanol–water partition coefficient (Wildman–Crippen LogP) is -0.261. The van der Waals surface area contributed by atoms with Crippen LogP contribution >= 0.6 is 0 Å². The molecule has 1 rings (SSSR count). The minimum atomic E-state index is -0.454. The molecule has 0 aromatic heterocycles.